The van der Waals surface area contributed by atoms with Crippen molar-refractivity contribution < 1.29 is 9.47 Å². The number of H-pyrrole nitrogens is 1. The van der Waals surface area contributed by atoms with Gasteiger partial charge in [-0.15, -0.1) is 10.2 Å². The van der Waals surface area contributed by atoms with Gasteiger partial charge in [0, 0.05) is 49.4 Å². The topological polar surface area (TPSA) is 175 Å². The van der Waals surface area contributed by atoms with Crippen molar-refractivity contribution >= 4 is 22.7 Å². The third-order valence-corrected chi connectivity index (χ3v) is 6.42. The molecule has 0 spiro atoms. The molecule has 1 saturated carbocycles. The second-order valence-corrected chi connectivity index (χ2v) is 8.72. The summed E-state index contributed by atoms with van der Waals surface area (Å²) in [5, 5.41) is 18.6. The van der Waals surface area contributed by atoms with Gasteiger partial charge in [-0.1, -0.05) is 0 Å². The number of fused-ring (bicyclic) bond motifs is 1. The van der Waals surface area contributed by atoms with Gasteiger partial charge < -0.3 is 25.8 Å². The average molecular weight is 492 g/mol. The van der Waals surface area contributed by atoms with E-state index in [0.29, 0.717) is 36.9 Å². The molecule has 36 heavy (non-hydrogen) atoms. The zero-order chi connectivity index (χ0) is 23.5. The normalized spacial score (nSPS) is 20.1. The Kier molecular flexibility index (Phi) is 7.09. The van der Waals surface area contributed by atoms with E-state index in [1.54, 1.807) is 18.6 Å². The minimum atomic E-state index is 0. The summed E-state index contributed by atoms with van der Waals surface area (Å²) in [4.78, 5) is 20.4. The van der Waals surface area contributed by atoms with Gasteiger partial charge in [0.15, 0.2) is 0 Å². The molecule has 2 aliphatic rings. The van der Waals surface area contributed by atoms with E-state index in [1.807, 2.05) is 18.2 Å². The zero-order valence-electron chi connectivity index (χ0n) is 19.9. The lowest BCUT2D eigenvalue weighted by atomic mass is 9.93. The minimum Gasteiger partial charge on any atom is -0.474 e. The van der Waals surface area contributed by atoms with Crippen molar-refractivity contribution in [1.29, 1.82) is 0 Å². The number of hydrogen-bond acceptors (Lipinski definition) is 12. The maximum absolute atomic E-state index is 6.54. The molecule has 4 aromatic rings. The van der Waals surface area contributed by atoms with Crippen LogP contribution in [0, 0.1) is 0 Å². The molecule has 5 heterocycles. The molecule has 0 aromatic carbocycles. The number of tetrazole rings is 1. The monoisotopic (exact) mass is 491 g/mol. The van der Waals surface area contributed by atoms with Crippen LogP contribution in [0.1, 0.15) is 25.7 Å². The number of nitrogens with one attached hydrogen (secondary N) is 2. The number of aromatic nitrogens is 8. The fourth-order valence-corrected chi connectivity index (χ4v) is 4.57. The Balaban J connectivity index is 0.00000267. The van der Waals surface area contributed by atoms with Crippen LogP contribution < -0.4 is 21.1 Å². The smallest absolute Gasteiger partial charge is 0.225 e. The minimum absolute atomic E-state index is 0. The highest BCUT2D eigenvalue weighted by atomic mass is 16.5. The zero-order valence-corrected chi connectivity index (χ0v) is 19.9. The van der Waals surface area contributed by atoms with Gasteiger partial charge in [-0.05, 0) is 43.0 Å². The van der Waals surface area contributed by atoms with Crippen molar-refractivity contribution in [2.24, 2.45) is 0 Å². The SMILES string of the molecule is N.c1cnc(NC2CCC(Oc3nc(N4CCOCC4)cc4ncc(-c5nn[nH]n5)cc34)CC2)nc1. The van der Waals surface area contributed by atoms with Crippen LogP contribution >= 0.6 is 0 Å². The van der Waals surface area contributed by atoms with E-state index in [1.165, 1.54) is 0 Å². The summed E-state index contributed by atoms with van der Waals surface area (Å²) < 4.78 is 12.1. The maximum atomic E-state index is 6.54. The molecule has 13 nitrogen and oxygen atoms in total. The average Bonchev–Trinajstić information content (AvgIpc) is 3.46. The molecule has 5 N–H and O–H groups in total. The first-order chi connectivity index (χ1) is 17.3. The number of hydrogen-bond donors (Lipinski definition) is 3. The number of morpholine rings is 1. The first-order valence-electron chi connectivity index (χ1n) is 11.9. The quantitative estimate of drug-likeness (QED) is 0.360. The third kappa shape index (κ3) is 5.16. The fraction of sp³-hybridized carbons (Fsp3) is 0.435. The molecule has 13 heteroatoms. The first-order valence-corrected chi connectivity index (χ1v) is 11.9. The number of ether oxygens (including phenoxy) is 2. The van der Waals surface area contributed by atoms with E-state index in [9.17, 15) is 0 Å². The molecule has 0 bridgehead atoms. The number of pyridine rings is 2. The van der Waals surface area contributed by atoms with Crippen LogP contribution in [0.25, 0.3) is 22.3 Å². The lowest BCUT2D eigenvalue weighted by Crippen LogP contribution is -2.37. The van der Waals surface area contributed by atoms with Crippen LogP contribution in [-0.4, -0.2) is 79.0 Å². The molecule has 188 valence electrons. The molecule has 1 aliphatic heterocycles. The van der Waals surface area contributed by atoms with Crippen molar-refractivity contribution in [2.45, 2.75) is 37.8 Å². The van der Waals surface area contributed by atoms with Gasteiger partial charge in [0.05, 0.1) is 24.1 Å². The van der Waals surface area contributed by atoms with Crippen LogP contribution in [0.3, 0.4) is 0 Å². The summed E-state index contributed by atoms with van der Waals surface area (Å²) in [5.41, 5.74) is 1.58. The second-order valence-electron chi connectivity index (χ2n) is 8.72. The number of rotatable bonds is 6. The summed E-state index contributed by atoms with van der Waals surface area (Å²) in [6, 6.07) is 6.12. The second kappa shape index (κ2) is 10.7. The maximum Gasteiger partial charge on any atom is 0.225 e. The van der Waals surface area contributed by atoms with E-state index in [-0.39, 0.29) is 12.3 Å². The van der Waals surface area contributed by atoms with Gasteiger partial charge >= 0.3 is 0 Å². The molecule has 0 amide bonds. The summed E-state index contributed by atoms with van der Waals surface area (Å²) in [6.07, 6.45) is 9.07. The predicted molar refractivity (Wildman–Crippen MR) is 133 cm³/mol. The van der Waals surface area contributed by atoms with E-state index < -0.39 is 0 Å². The standard InChI is InChI=1S/C23H26N10O2.H3N/c1-6-24-23(25-7-1)27-16-2-4-17(5-3-16)35-22-18-12-15(21-29-31-32-30-21)14-26-19(18)13-20(28-22)33-8-10-34-11-9-33;/h1,6-7,12-14,16-17H,2-5,8-11H2,(H,24,25,27)(H,29,30,31,32);1H3. The van der Waals surface area contributed by atoms with Crippen molar-refractivity contribution in [1.82, 2.24) is 46.7 Å². The van der Waals surface area contributed by atoms with E-state index in [2.05, 4.69) is 45.8 Å². The van der Waals surface area contributed by atoms with Crippen LogP contribution in [0.2, 0.25) is 0 Å². The highest BCUT2D eigenvalue weighted by molar-refractivity contribution is 5.88. The molecular formula is C23H29N11O2. The summed E-state index contributed by atoms with van der Waals surface area (Å²) in [5.74, 6) is 2.59. The molecular weight excluding hydrogens is 462 g/mol. The van der Waals surface area contributed by atoms with Crippen molar-refractivity contribution in [3.8, 4) is 17.3 Å². The number of nitrogens with zero attached hydrogens (tertiary/aromatic N) is 8. The predicted octanol–water partition coefficient (Wildman–Crippen LogP) is 2.40. The first kappa shape index (κ1) is 23.8. The summed E-state index contributed by atoms with van der Waals surface area (Å²) >= 11 is 0. The largest absolute Gasteiger partial charge is 0.474 e. The van der Waals surface area contributed by atoms with Gasteiger partial charge in [-0.25, -0.2) is 9.97 Å². The summed E-state index contributed by atoms with van der Waals surface area (Å²) in [7, 11) is 0. The Labute approximate surface area is 207 Å². The summed E-state index contributed by atoms with van der Waals surface area (Å²) in [6.45, 7) is 2.94. The molecule has 2 fully saturated rings. The van der Waals surface area contributed by atoms with Crippen molar-refractivity contribution in [2.75, 3.05) is 36.5 Å². The van der Waals surface area contributed by atoms with Crippen LogP contribution in [0.4, 0.5) is 11.8 Å². The molecule has 6 rings (SSSR count). The van der Waals surface area contributed by atoms with Crippen molar-refractivity contribution in [3.63, 3.8) is 0 Å². The lowest BCUT2D eigenvalue weighted by Gasteiger charge is -2.31. The molecule has 0 unspecified atom stereocenters. The van der Waals surface area contributed by atoms with E-state index >= 15 is 0 Å². The lowest BCUT2D eigenvalue weighted by molar-refractivity contribution is 0.122. The highest BCUT2D eigenvalue weighted by Gasteiger charge is 2.25. The molecule has 4 aromatic heterocycles. The van der Waals surface area contributed by atoms with E-state index in [0.717, 1.165) is 61.1 Å². The van der Waals surface area contributed by atoms with Crippen LogP contribution in [-0.2, 0) is 4.74 Å². The Bertz CT molecular complexity index is 1260. The third-order valence-electron chi connectivity index (χ3n) is 6.42. The van der Waals surface area contributed by atoms with Crippen LogP contribution in [0.5, 0.6) is 5.88 Å². The molecule has 1 aliphatic carbocycles. The Morgan fingerprint density at radius 1 is 1.03 bits per heavy atom. The van der Waals surface area contributed by atoms with E-state index in [4.69, 9.17) is 14.5 Å². The van der Waals surface area contributed by atoms with Gasteiger partial charge in [0.1, 0.15) is 11.9 Å². The van der Waals surface area contributed by atoms with Gasteiger partial charge in [0.25, 0.3) is 0 Å². The van der Waals surface area contributed by atoms with Crippen molar-refractivity contribution in [3.05, 3.63) is 36.8 Å². The van der Waals surface area contributed by atoms with Gasteiger partial charge in [0.2, 0.25) is 17.7 Å². The van der Waals surface area contributed by atoms with Crippen LogP contribution in [0.15, 0.2) is 36.8 Å². The highest BCUT2D eigenvalue weighted by Crippen LogP contribution is 2.33. The molecule has 0 atom stereocenters. The Morgan fingerprint density at radius 3 is 2.58 bits per heavy atom. The molecule has 0 radical (unpaired) electrons. The van der Waals surface area contributed by atoms with Gasteiger partial charge in [-0.3, -0.25) is 4.98 Å². The van der Waals surface area contributed by atoms with Gasteiger partial charge in [-0.2, -0.15) is 10.2 Å². The molecule has 1 saturated heterocycles. The fourth-order valence-electron chi connectivity index (χ4n) is 4.57. The number of aromatic amines is 1. The Morgan fingerprint density at radius 2 is 1.83 bits per heavy atom. The number of anilines is 2. The Hall–Kier alpha value is -3.97.